The molecule has 0 saturated carbocycles. The first-order chi connectivity index (χ1) is 6.91. The predicted octanol–water partition coefficient (Wildman–Crippen LogP) is 2.49. The molecule has 0 spiro atoms. The molecule has 0 bridgehead atoms. The molecular formula is C9H6F4O2. The molecule has 82 valence electrons. The fraction of sp³-hybridized carbons (Fsp3) is 0.222. The molecule has 1 aromatic carbocycles. The number of benzene rings is 1. The van der Waals surface area contributed by atoms with Crippen LogP contribution in [-0.4, -0.2) is 18.3 Å². The number of alkyl halides is 4. The first kappa shape index (κ1) is 11.5. The average Bonchev–Trinajstić information content (AvgIpc) is 2.16. The summed E-state index contributed by atoms with van der Waals surface area (Å²) in [7, 11) is 0. The third-order valence-electron chi connectivity index (χ3n) is 1.46. The molecule has 6 heteroatoms. The predicted molar refractivity (Wildman–Crippen MR) is 43.0 cm³/mol. The van der Waals surface area contributed by atoms with E-state index in [1.807, 2.05) is 0 Å². The van der Waals surface area contributed by atoms with Gasteiger partial charge in [-0.2, -0.15) is 13.2 Å². The van der Waals surface area contributed by atoms with Crippen molar-refractivity contribution in [2.75, 3.05) is 0 Å². The number of carbonyl (C=O) groups excluding carboxylic acids is 1. The van der Waals surface area contributed by atoms with Crippen molar-refractivity contribution in [1.29, 1.82) is 0 Å². The van der Waals surface area contributed by atoms with E-state index in [0.29, 0.717) is 0 Å². The first-order valence-corrected chi connectivity index (χ1v) is 3.89. The summed E-state index contributed by atoms with van der Waals surface area (Å²) >= 11 is 0. The number of esters is 1. The topological polar surface area (TPSA) is 26.3 Å². The van der Waals surface area contributed by atoms with E-state index in [0.717, 1.165) is 0 Å². The summed E-state index contributed by atoms with van der Waals surface area (Å²) in [5.74, 6) is -2.09. The Morgan fingerprint density at radius 2 is 1.73 bits per heavy atom. The van der Waals surface area contributed by atoms with Gasteiger partial charge in [0.25, 0.3) is 6.17 Å². The van der Waals surface area contributed by atoms with Crippen LogP contribution in [0.4, 0.5) is 17.6 Å². The minimum Gasteiger partial charge on any atom is -0.424 e. The Balaban J connectivity index is 2.65. The molecule has 0 fully saturated rings. The van der Waals surface area contributed by atoms with Gasteiger partial charge in [0.2, 0.25) is 0 Å². The number of para-hydroxylation sites is 1. The molecule has 15 heavy (non-hydrogen) atoms. The Kier molecular flexibility index (Phi) is 3.28. The summed E-state index contributed by atoms with van der Waals surface area (Å²) in [6.45, 7) is 0. The van der Waals surface area contributed by atoms with Crippen LogP contribution in [0.15, 0.2) is 30.3 Å². The Bertz CT molecular complexity index is 334. The minimum absolute atomic E-state index is 0.130. The molecule has 1 unspecified atom stereocenters. The highest BCUT2D eigenvalue weighted by molar-refractivity contribution is 5.77. The largest absolute Gasteiger partial charge is 0.430 e. The maximum atomic E-state index is 12.4. The van der Waals surface area contributed by atoms with Crippen LogP contribution in [-0.2, 0) is 4.79 Å². The molecule has 0 amide bonds. The molecule has 0 N–H and O–H groups in total. The van der Waals surface area contributed by atoms with Crippen molar-refractivity contribution < 1.29 is 27.1 Å². The summed E-state index contributed by atoms with van der Waals surface area (Å²) in [4.78, 5) is 10.6. The smallest absolute Gasteiger partial charge is 0.424 e. The number of hydrogen-bond acceptors (Lipinski definition) is 2. The summed E-state index contributed by atoms with van der Waals surface area (Å²) in [5.41, 5.74) is 0. The molecule has 1 aromatic rings. The molecule has 0 aliphatic heterocycles. The van der Waals surface area contributed by atoms with Gasteiger partial charge in [0.15, 0.2) is 0 Å². The maximum Gasteiger partial charge on any atom is 0.430 e. The lowest BCUT2D eigenvalue weighted by atomic mass is 10.3. The quantitative estimate of drug-likeness (QED) is 0.436. The molecular weight excluding hydrogens is 216 g/mol. The van der Waals surface area contributed by atoms with Gasteiger partial charge in [-0.25, -0.2) is 9.18 Å². The van der Waals surface area contributed by atoms with Crippen molar-refractivity contribution in [3.8, 4) is 5.75 Å². The zero-order valence-corrected chi connectivity index (χ0v) is 7.29. The van der Waals surface area contributed by atoms with E-state index >= 15 is 0 Å². The van der Waals surface area contributed by atoms with Gasteiger partial charge in [-0.1, -0.05) is 18.2 Å². The van der Waals surface area contributed by atoms with E-state index in [1.54, 1.807) is 6.07 Å². The Morgan fingerprint density at radius 3 is 2.20 bits per heavy atom. The van der Waals surface area contributed by atoms with Crippen LogP contribution in [0, 0.1) is 0 Å². The number of rotatable bonds is 2. The van der Waals surface area contributed by atoms with Crippen molar-refractivity contribution >= 4 is 5.97 Å². The molecule has 1 rings (SSSR count). The van der Waals surface area contributed by atoms with Crippen LogP contribution < -0.4 is 4.74 Å². The van der Waals surface area contributed by atoms with Crippen molar-refractivity contribution in [2.45, 2.75) is 12.3 Å². The van der Waals surface area contributed by atoms with Gasteiger partial charge in [-0.15, -0.1) is 0 Å². The van der Waals surface area contributed by atoms with Crippen LogP contribution in [0.25, 0.3) is 0 Å². The number of hydrogen-bond donors (Lipinski definition) is 0. The second-order valence-electron chi connectivity index (χ2n) is 2.64. The molecule has 2 nitrogen and oxygen atoms in total. The van der Waals surface area contributed by atoms with E-state index in [-0.39, 0.29) is 5.75 Å². The molecule has 0 aliphatic rings. The van der Waals surface area contributed by atoms with Gasteiger partial charge < -0.3 is 4.74 Å². The maximum absolute atomic E-state index is 12.4. The standard InChI is InChI=1S/C9H6F4O2/c10-7(9(11,12)13)8(14)15-6-4-2-1-3-5-6/h1-5,7H. The van der Waals surface area contributed by atoms with Crippen molar-refractivity contribution in [3.05, 3.63) is 30.3 Å². The number of carbonyl (C=O) groups is 1. The van der Waals surface area contributed by atoms with Crippen LogP contribution in [0.5, 0.6) is 5.75 Å². The molecule has 0 saturated heterocycles. The first-order valence-electron chi connectivity index (χ1n) is 3.89. The lowest BCUT2D eigenvalue weighted by molar-refractivity contribution is -0.195. The highest BCUT2D eigenvalue weighted by Crippen LogP contribution is 2.24. The Morgan fingerprint density at radius 1 is 1.20 bits per heavy atom. The Hall–Kier alpha value is -1.59. The van der Waals surface area contributed by atoms with Gasteiger partial charge >= 0.3 is 12.1 Å². The summed E-state index contributed by atoms with van der Waals surface area (Å²) in [6.07, 6.45) is -8.84. The summed E-state index contributed by atoms with van der Waals surface area (Å²) in [5, 5.41) is 0. The van der Waals surface area contributed by atoms with Crippen molar-refractivity contribution in [3.63, 3.8) is 0 Å². The normalized spacial score (nSPS) is 13.3. The third-order valence-corrected chi connectivity index (χ3v) is 1.46. The van der Waals surface area contributed by atoms with Crippen LogP contribution in [0.2, 0.25) is 0 Å². The number of ether oxygens (including phenoxy) is 1. The summed E-state index contributed by atoms with van der Waals surface area (Å²) in [6, 6.07) is 6.98. The lowest BCUT2D eigenvalue weighted by Gasteiger charge is -2.11. The monoisotopic (exact) mass is 222 g/mol. The fourth-order valence-corrected chi connectivity index (χ4v) is 0.790. The second kappa shape index (κ2) is 4.29. The summed E-state index contributed by atoms with van der Waals surface area (Å²) < 4.78 is 51.7. The van der Waals surface area contributed by atoms with E-state index in [9.17, 15) is 22.4 Å². The van der Waals surface area contributed by atoms with Gasteiger partial charge in [0.1, 0.15) is 5.75 Å². The van der Waals surface area contributed by atoms with Crippen molar-refractivity contribution in [2.24, 2.45) is 0 Å². The highest BCUT2D eigenvalue weighted by Gasteiger charge is 2.47. The van der Waals surface area contributed by atoms with Crippen LogP contribution in [0.1, 0.15) is 0 Å². The van der Waals surface area contributed by atoms with Crippen LogP contribution >= 0.6 is 0 Å². The van der Waals surface area contributed by atoms with E-state index in [4.69, 9.17) is 0 Å². The zero-order chi connectivity index (χ0) is 11.5. The minimum atomic E-state index is -5.23. The van der Waals surface area contributed by atoms with Gasteiger partial charge in [0, 0.05) is 0 Å². The van der Waals surface area contributed by atoms with E-state index < -0.39 is 18.3 Å². The molecule has 0 aromatic heterocycles. The highest BCUT2D eigenvalue weighted by atomic mass is 19.4. The Labute approximate surface area is 82.5 Å². The van der Waals surface area contributed by atoms with Crippen molar-refractivity contribution in [1.82, 2.24) is 0 Å². The van der Waals surface area contributed by atoms with Crippen LogP contribution in [0.3, 0.4) is 0 Å². The zero-order valence-electron chi connectivity index (χ0n) is 7.29. The van der Waals surface area contributed by atoms with E-state index in [2.05, 4.69) is 4.74 Å². The van der Waals surface area contributed by atoms with Gasteiger partial charge in [-0.05, 0) is 12.1 Å². The average molecular weight is 222 g/mol. The SMILES string of the molecule is O=C(Oc1ccccc1)C(F)C(F)(F)F. The molecule has 0 aliphatic carbocycles. The molecule has 0 radical (unpaired) electrons. The fourth-order valence-electron chi connectivity index (χ4n) is 0.790. The van der Waals surface area contributed by atoms with Gasteiger partial charge in [-0.3, -0.25) is 0 Å². The number of halogens is 4. The van der Waals surface area contributed by atoms with Gasteiger partial charge in [0.05, 0.1) is 0 Å². The third kappa shape index (κ3) is 3.23. The second-order valence-corrected chi connectivity index (χ2v) is 2.64. The lowest BCUT2D eigenvalue weighted by Crippen LogP contribution is -2.35. The molecule has 0 heterocycles. The molecule has 1 atom stereocenters. The van der Waals surface area contributed by atoms with E-state index in [1.165, 1.54) is 24.3 Å².